The topological polar surface area (TPSA) is 31.0 Å². The highest BCUT2D eigenvalue weighted by molar-refractivity contribution is 6.08. The van der Waals surface area contributed by atoms with Crippen LogP contribution in [0.4, 0.5) is 0 Å². The van der Waals surface area contributed by atoms with E-state index in [4.69, 9.17) is 14.2 Å². The molecule has 0 N–H and O–H groups in total. The molecule has 3 nitrogen and oxygen atoms in total. The molecule has 16 heavy (non-hydrogen) atoms. The normalized spacial score (nSPS) is 34.7. The van der Waals surface area contributed by atoms with Crippen molar-refractivity contribution >= 4 is 10.2 Å². The molecule has 0 radical (unpaired) electrons. The third-order valence-corrected chi connectivity index (χ3v) is 3.83. The molecule has 1 heterocycles. The second-order valence-electron chi connectivity index (χ2n) is 4.88. The Balaban J connectivity index is 1.70. The van der Waals surface area contributed by atoms with Crippen LogP contribution in [0.2, 0.25) is 0 Å². The predicted molar refractivity (Wildman–Crippen MR) is 66.5 cm³/mol. The van der Waals surface area contributed by atoms with Crippen LogP contribution in [-0.2, 0) is 14.2 Å². The summed E-state index contributed by atoms with van der Waals surface area (Å²) in [7, 11) is 1.09. The summed E-state index contributed by atoms with van der Waals surface area (Å²) in [6.45, 7) is 2.96. The SMILES string of the molecule is CCCOC(CC1CCC2OC2C1)OC[SiH3]. The van der Waals surface area contributed by atoms with Crippen molar-refractivity contribution in [3.05, 3.63) is 0 Å². The quantitative estimate of drug-likeness (QED) is 0.381. The van der Waals surface area contributed by atoms with Gasteiger partial charge in [-0.2, -0.15) is 0 Å². The highest BCUT2D eigenvalue weighted by Gasteiger charge is 2.44. The lowest BCUT2D eigenvalue weighted by Gasteiger charge is -2.24. The average molecular weight is 244 g/mol. The van der Waals surface area contributed by atoms with Gasteiger partial charge in [0.2, 0.25) is 0 Å². The molecule has 1 saturated heterocycles. The fraction of sp³-hybridized carbons (Fsp3) is 1.00. The minimum Gasteiger partial charge on any atom is -0.370 e. The molecule has 1 aliphatic heterocycles. The zero-order valence-corrected chi connectivity index (χ0v) is 12.5. The summed E-state index contributed by atoms with van der Waals surface area (Å²) < 4.78 is 17.0. The van der Waals surface area contributed by atoms with Gasteiger partial charge in [-0.25, -0.2) is 0 Å². The zero-order valence-electron chi connectivity index (χ0n) is 10.5. The van der Waals surface area contributed by atoms with Crippen molar-refractivity contribution < 1.29 is 14.2 Å². The van der Waals surface area contributed by atoms with Crippen molar-refractivity contribution in [3.63, 3.8) is 0 Å². The van der Waals surface area contributed by atoms with E-state index < -0.39 is 0 Å². The number of fused-ring (bicyclic) bond motifs is 1. The lowest BCUT2D eigenvalue weighted by molar-refractivity contribution is -0.141. The van der Waals surface area contributed by atoms with Gasteiger partial charge in [0, 0.05) is 29.5 Å². The van der Waals surface area contributed by atoms with E-state index in [0.717, 1.165) is 41.8 Å². The van der Waals surface area contributed by atoms with Gasteiger partial charge in [-0.05, 0) is 31.6 Å². The Hall–Kier alpha value is 0.0969. The molecule has 4 unspecified atom stereocenters. The van der Waals surface area contributed by atoms with E-state index >= 15 is 0 Å². The largest absolute Gasteiger partial charge is 0.370 e. The van der Waals surface area contributed by atoms with Crippen LogP contribution in [0.3, 0.4) is 0 Å². The van der Waals surface area contributed by atoms with Gasteiger partial charge in [-0.3, -0.25) is 0 Å². The monoisotopic (exact) mass is 244 g/mol. The Labute approximate surface area is 101 Å². The summed E-state index contributed by atoms with van der Waals surface area (Å²) in [4.78, 5) is 0. The third-order valence-electron chi connectivity index (χ3n) is 3.50. The first kappa shape index (κ1) is 12.6. The van der Waals surface area contributed by atoms with E-state index in [1.807, 2.05) is 0 Å². The van der Waals surface area contributed by atoms with Crippen LogP contribution >= 0.6 is 0 Å². The van der Waals surface area contributed by atoms with Crippen molar-refractivity contribution in [2.24, 2.45) is 5.92 Å². The molecule has 0 amide bonds. The van der Waals surface area contributed by atoms with Gasteiger partial charge < -0.3 is 14.2 Å². The summed E-state index contributed by atoms with van der Waals surface area (Å²) in [5, 5.41) is 0. The summed E-state index contributed by atoms with van der Waals surface area (Å²) in [5.74, 6) is 0.749. The Morgan fingerprint density at radius 2 is 2.19 bits per heavy atom. The molecule has 0 aromatic rings. The molecule has 2 rings (SSSR count). The van der Waals surface area contributed by atoms with Crippen molar-refractivity contribution in [1.82, 2.24) is 0 Å². The maximum absolute atomic E-state index is 5.74. The zero-order chi connectivity index (χ0) is 11.4. The van der Waals surface area contributed by atoms with Crippen LogP contribution in [0.15, 0.2) is 0 Å². The number of epoxide rings is 1. The van der Waals surface area contributed by atoms with Gasteiger partial charge in [-0.1, -0.05) is 6.92 Å². The van der Waals surface area contributed by atoms with Gasteiger partial charge in [0.1, 0.15) is 0 Å². The predicted octanol–water partition coefficient (Wildman–Crippen LogP) is 1.04. The summed E-state index contributed by atoms with van der Waals surface area (Å²) >= 11 is 0. The number of rotatable bonds is 7. The molecule has 4 heteroatoms. The summed E-state index contributed by atoms with van der Waals surface area (Å²) in [6.07, 6.45) is 7.98. The van der Waals surface area contributed by atoms with Crippen LogP contribution < -0.4 is 0 Å². The summed E-state index contributed by atoms with van der Waals surface area (Å²) in [5.41, 5.74) is 0. The molecule has 1 saturated carbocycles. The first-order valence-corrected chi connectivity index (χ1v) is 8.13. The van der Waals surface area contributed by atoms with E-state index in [2.05, 4.69) is 6.92 Å². The second-order valence-corrected chi connectivity index (χ2v) is 5.46. The van der Waals surface area contributed by atoms with Crippen LogP contribution in [0.5, 0.6) is 0 Å². The minimum absolute atomic E-state index is 0.0396. The van der Waals surface area contributed by atoms with Crippen molar-refractivity contribution in [2.75, 3.05) is 12.8 Å². The Morgan fingerprint density at radius 3 is 2.88 bits per heavy atom. The molecule has 4 atom stereocenters. The lowest BCUT2D eigenvalue weighted by atomic mass is 9.87. The molecule has 2 fully saturated rings. The lowest BCUT2D eigenvalue weighted by Crippen LogP contribution is -2.25. The average Bonchev–Trinajstić information content (AvgIpc) is 3.04. The molecule has 1 aliphatic carbocycles. The van der Waals surface area contributed by atoms with Crippen molar-refractivity contribution in [1.29, 1.82) is 0 Å². The molecule has 94 valence electrons. The van der Waals surface area contributed by atoms with Crippen LogP contribution in [0, 0.1) is 5.92 Å². The van der Waals surface area contributed by atoms with Gasteiger partial charge in [0.15, 0.2) is 6.29 Å². The minimum atomic E-state index is 0.0396. The number of ether oxygens (including phenoxy) is 3. The molecule has 2 aliphatic rings. The molecule has 0 spiro atoms. The summed E-state index contributed by atoms with van der Waals surface area (Å²) in [6, 6.07) is 0. The molecular weight excluding hydrogens is 220 g/mol. The van der Waals surface area contributed by atoms with E-state index in [9.17, 15) is 0 Å². The fourth-order valence-electron chi connectivity index (χ4n) is 2.59. The van der Waals surface area contributed by atoms with Gasteiger partial charge in [0.25, 0.3) is 0 Å². The van der Waals surface area contributed by atoms with Crippen LogP contribution in [0.1, 0.15) is 39.0 Å². The van der Waals surface area contributed by atoms with Crippen molar-refractivity contribution in [3.8, 4) is 0 Å². The maximum Gasteiger partial charge on any atom is 0.157 e. The van der Waals surface area contributed by atoms with E-state index in [1.165, 1.54) is 19.3 Å². The standard InChI is InChI=1S/C12H24O3Si/c1-2-5-13-12(14-8-16)7-9-3-4-10-11(6-9)15-10/h9-12H,2-8H2,1,16H3. The van der Waals surface area contributed by atoms with Gasteiger partial charge in [-0.15, -0.1) is 0 Å². The second kappa shape index (κ2) is 6.14. The maximum atomic E-state index is 5.74. The fourth-order valence-corrected chi connectivity index (χ4v) is 2.96. The Kier molecular flexibility index (Phi) is 4.82. The first-order valence-electron chi connectivity index (χ1n) is 6.72. The van der Waals surface area contributed by atoms with E-state index in [-0.39, 0.29) is 6.29 Å². The Morgan fingerprint density at radius 1 is 1.31 bits per heavy atom. The van der Waals surface area contributed by atoms with Crippen LogP contribution in [-0.4, -0.2) is 41.6 Å². The van der Waals surface area contributed by atoms with Gasteiger partial charge in [0.05, 0.1) is 12.2 Å². The number of hydrogen-bond acceptors (Lipinski definition) is 3. The van der Waals surface area contributed by atoms with Gasteiger partial charge >= 0.3 is 0 Å². The first-order chi connectivity index (χ1) is 7.83. The van der Waals surface area contributed by atoms with E-state index in [0.29, 0.717) is 12.2 Å². The molecular formula is C12H24O3Si. The Bertz CT molecular complexity index is 212. The van der Waals surface area contributed by atoms with E-state index in [1.54, 1.807) is 0 Å². The molecule has 0 aromatic heterocycles. The number of hydrogen-bond donors (Lipinski definition) is 0. The molecule has 0 bridgehead atoms. The third kappa shape index (κ3) is 3.55. The highest BCUT2D eigenvalue weighted by atomic mass is 28.1. The molecule has 0 aromatic carbocycles. The highest BCUT2D eigenvalue weighted by Crippen LogP contribution is 2.41. The van der Waals surface area contributed by atoms with Crippen LogP contribution in [0.25, 0.3) is 0 Å². The van der Waals surface area contributed by atoms with Crippen molar-refractivity contribution in [2.45, 2.75) is 57.5 Å². The smallest absolute Gasteiger partial charge is 0.157 e.